The van der Waals surface area contributed by atoms with Gasteiger partial charge in [0.05, 0.1) is 17.7 Å². The first-order chi connectivity index (χ1) is 6.22. The Hall–Kier alpha value is -0.0200. The van der Waals surface area contributed by atoms with Crippen molar-refractivity contribution in [3.05, 3.63) is 0 Å². The summed E-state index contributed by atoms with van der Waals surface area (Å²) in [5.74, 6) is 1.55. The molecule has 1 aliphatic heterocycles. The first-order valence-electron chi connectivity index (χ1n) is 5.02. The minimum atomic E-state index is 0.262. The van der Waals surface area contributed by atoms with Crippen LogP contribution in [0.25, 0.3) is 0 Å². The van der Waals surface area contributed by atoms with Gasteiger partial charge in [-0.2, -0.15) is 0 Å². The molecule has 0 bridgehead atoms. The zero-order chi connectivity index (χ0) is 9.68. The van der Waals surface area contributed by atoms with Crippen molar-refractivity contribution in [1.82, 2.24) is 0 Å². The predicted molar refractivity (Wildman–Crippen MR) is 59.5 cm³/mol. The molecule has 0 saturated heterocycles. The Morgan fingerprint density at radius 2 is 2.38 bits per heavy atom. The van der Waals surface area contributed by atoms with Gasteiger partial charge >= 0.3 is 0 Å². The summed E-state index contributed by atoms with van der Waals surface area (Å²) in [6.45, 7) is 4.75. The van der Waals surface area contributed by atoms with Crippen molar-refractivity contribution < 1.29 is 5.11 Å². The third kappa shape index (κ3) is 4.14. The second-order valence-corrected chi connectivity index (χ2v) is 5.09. The van der Waals surface area contributed by atoms with Gasteiger partial charge in [-0.05, 0) is 25.2 Å². The van der Waals surface area contributed by atoms with Crippen molar-refractivity contribution >= 4 is 16.8 Å². The molecule has 1 heterocycles. The molecular weight excluding hydrogens is 182 g/mol. The Kier molecular flexibility index (Phi) is 4.81. The van der Waals surface area contributed by atoms with E-state index < -0.39 is 0 Å². The molecule has 0 aromatic heterocycles. The Bertz CT molecular complexity index is 180. The Morgan fingerprint density at radius 3 is 3.00 bits per heavy atom. The van der Waals surface area contributed by atoms with E-state index >= 15 is 0 Å². The number of rotatable bonds is 4. The maximum absolute atomic E-state index is 8.66. The van der Waals surface area contributed by atoms with E-state index in [1.807, 2.05) is 0 Å². The molecule has 1 unspecified atom stereocenters. The molecule has 3 heteroatoms. The van der Waals surface area contributed by atoms with Crippen molar-refractivity contribution in [2.45, 2.75) is 39.2 Å². The summed E-state index contributed by atoms with van der Waals surface area (Å²) in [4.78, 5) is 4.63. The van der Waals surface area contributed by atoms with Crippen molar-refractivity contribution in [3.8, 4) is 0 Å². The van der Waals surface area contributed by atoms with Gasteiger partial charge in [-0.25, -0.2) is 0 Å². The molecule has 0 amide bonds. The lowest BCUT2D eigenvalue weighted by Gasteiger charge is -2.08. The van der Waals surface area contributed by atoms with Crippen molar-refractivity contribution in [3.63, 3.8) is 0 Å². The largest absolute Gasteiger partial charge is 0.396 e. The van der Waals surface area contributed by atoms with E-state index in [2.05, 4.69) is 18.8 Å². The minimum absolute atomic E-state index is 0.262. The van der Waals surface area contributed by atoms with E-state index in [0.717, 1.165) is 18.1 Å². The quantitative estimate of drug-likeness (QED) is 0.757. The van der Waals surface area contributed by atoms with Crippen LogP contribution in [0, 0.1) is 5.92 Å². The molecule has 1 N–H and O–H groups in total. The van der Waals surface area contributed by atoms with Crippen LogP contribution in [0.15, 0.2) is 4.99 Å². The van der Waals surface area contributed by atoms with Gasteiger partial charge < -0.3 is 5.11 Å². The van der Waals surface area contributed by atoms with Crippen molar-refractivity contribution in [2.75, 3.05) is 12.4 Å². The molecule has 0 fully saturated rings. The zero-order valence-corrected chi connectivity index (χ0v) is 9.31. The summed E-state index contributed by atoms with van der Waals surface area (Å²) < 4.78 is 0. The summed E-state index contributed by atoms with van der Waals surface area (Å²) in [7, 11) is 0. The van der Waals surface area contributed by atoms with Gasteiger partial charge in [-0.3, -0.25) is 4.99 Å². The van der Waals surface area contributed by atoms with Gasteiger partial charge in [0.15, 0.2) is 0 Å². The van der Waals surface area contributed by atoms with E-state index in [9.17, 15) is 0 Å². The molecular formula is C10H19NOS. The second kappa shape index (κ2) is 5.66. The van der Waals surface area contributed by atoms with Crippen LogP contribution in [0.3, 0.4) is 0 Å². The average molecular weight is 201 g/mol. The number of aliphatic hydroxyl groups excluding tert-OH is 1. The maximum Gasteiger partial charge on any atom is 0.0680 e. The van der Waals surface area contributed by atoms with E-state index in [0.29, 0.717) is 6.04 Å². The van der Waals surface area contributed by atoms with Gasteiger partial charge in [0.2, 0.25) is 0 Å². The number of thioether (sulfide) groups is 1. The van der Waals surface area contributed by atoms with Gasteiger partial charge in [0, 0.05) is 5.75 Å². The summed E-state index contributed by atoms with van der Waals surface area (Å²) >= 11 is 1.71. The van der Waals surface area contributed by atoms with E-state index in [1.165, 1.54) is 17.9 Å². The normalized spacial score (nSPS) is 22.5. The third-order valence-electron chi connectivity index (χ3n) is 2.12. The molecule has 1 aliphatic rings. The molecule has 0 spiro atoms. The predicted octanol–water partition coefficient (Wildman–Crippen LogP) is 2.32. The molecule has 0 radical (unpaired) electrons. The Balaban J connectivity index is 2.26. The Labute approximate surface area is 84.8 Å². The standard InChI is InChI=1S/C10H19NOS/c1-8(2)7-9-3-4-10(11-9)13-6-5-12/h8-9,12H,3-7H2,1-2H3. The first kappa shape index (κ1) is 11.1. The Morgan fingerprint density at radius 1 is 1.62 bits per heavy atom. The van der Waals surface area contributed by atoms with E-state index in [4.69, 9.17) is 5.11 Å². The van der Waals surface area contributed by atoms with E-state index in [1.54, 1.807) is 11.8 Å². The monoisotopic (exact) mass is 201 g/mol. The van der Waals surface area contributed by atoms with Gasteiger partial charge in [0.1, 0.15) is 0 Å². The molecule has 0 aromatic rings. The smallest absolute Gasteiger partial charge is 0.0680 e. The van der Waals surface area contributed by atoms with Gasteiger partial charge in [-0.15, -0.1) is 11.8 Å². The average Bonchev–Trinajstić information content (AvgIpc) is 2.48. The van der Waals surface area contributed by atoms with Crippen LogP contribution in [0.2, 0.25) is 0 Å². The number of hydrogen-bond acceptors (Lipinski definition) is 3. The highest BCUT2D eigenvalue weighted by atomic mass is 32.2. The molecule has 1 rings (SSSR count). The zero-order valence-electron chi connectivity index (χ0n) is 8.49. The highest BCUT2D eigenvalue weighted by molar-refractivity contribution is 8.13. The summed E-state index contributed by atoms with van der Waals surface area (Å²) in [5, 5.41) is 9.91. The molecule has 0 saturated carbocycles. The van der Waals surface area contributed by atoms with Gasteiger partial charge in [-0.1, -0.05) is 13.8 Å². The minimum Gasteiger partial charge on any atom is -0.396 e. The fourth-order valence-electron chi connectivity index (χ4n) is 1.61. The molecule has 13 heavy (non-hydrogen) atoms. The lowest BCUT2D eigenvalue weighted by molar-refractivity contribution is 0.323. The van der Waals surface area contributed by atoms with Crippen LogP contribution in [0.4, 0.5) is 0 Å². The lowest BCUT2D eigenvalue weighted by atomic mass is 10.0. The maximum atomic E-state index is 8.66. The molecule has 2 nitrogen and oxygen atoms in total. The highest BCUT2D eigenvalue weighted by Crippen LogP contribution is 2.24. The van der Waals surface area contributed by atoms with Crippen molar-refractivity contribution in [1.29, 1.82) is 0 Å². The SMILES string of the molecule is CC(C)CC1CCC(SCCO)=N1. The van der Waals surface area contributed by atoms with Gasteiger partial charge in [0.25, 0.3) is 0 Å². The molecule has 76 valence electrons. The molecule has 0 aliphatic carbocycles. The molecule has 1 atom stereocenters. The van der Waals surface area contributed by atoms with Crippen LogP contribution in [0.1, 0.15) is 33.1 Å². The fourth-order valence-corrected chi connectivity index (χ4v) is 2.42. The van der Waals surface area contributed by atoms with Crippen molar-refractivity contribution in [2.24, 2.45) is 10.9 Å². The van der Waals surface area contributed by atoms with Crippen LogP contribution in [-0.4, -0.2) is 28.6 Å². The third-order valence-corrected chi connectivity index (χ3v) is 3.15. The topological polar surface area (TPSA) is 32.6 Å². The summed E-state index contributed by atoms with van der Waals surface area (Å²) in [6, 6.07) is 0.557. The number of nitrogens with zero attached hydrogens (tertiary/aromatic N) is 1. The fraction of sp³-hybridized carbons (Fsp3) is 0.900. The molecule has 0 aromatic carbocycles. The number of aliphatic imine (C=N–C) groups is 1. The second-order valence-electron chi connectivity index (χ2n) is 3.92. The summed E-state index contributed by atoms with van der Waals surface area (Å²) in [6.07, 6.45) is 3.55. The van der Waals surface area contributed by atoms with Crippen LogP contribution in [-0.2, 0) is 0 Å². The number of aliphatic hydroxyl groups is 1. The van der Waals surface area contributed by atoms with Crippen LogP contribution in [0.5, 0.6) is 0 Å². The van der Waals surface area contributed by atoms with Crippen LogP contribution >= 0.6 is 11.8 Å². The first-order valence-corrected chi connectivity index (χ1v) is 6.01. The lowest BCUT2D eigenvalue weighted by Crippen LogP contribution is -2.03. The number of hydrogen-bond donors (Lipinski definition) is 1. The van der Waals surface area contributed by atoms with Crippen LogP contribution < -0.4 is 0 Å². The highest BCUT2D eigenvalue weighted by Gasteiger charge is 2.18. The summed E-state index contributed by atoms with van der Waals surface area (Å²) in [5.41, 5.74) is 0. The van der Waals surface area contributed by atoms with E-state index in [-0.39, 0.29) is 6.61 Å².